The molecule has 0 aliphatic carbocycles. The zero-order valence-corrected chi connectivity index (χ0v) is 6.44. The van der Waals surface area contributed by atoms with Crippen molar-refractivity contribution in [3.05, 3.63) is 54.3 Å². The van der Waals surface area contributed by atoms with Crippen LogP contribution in [0.2, 0.25) is 0 Å². The first-order valence-electron chi connectivity index (χ1n) is 3.72. The van der Waals surface area contributed by atoms with Crippen molar-refractivity contribution in [1.29, 1.82) is 0 Å². The molecule has 0 amide bonds. The van der Waals surface area contributed by atoms with Crippen LogP contribution in [-0.2, 0) is 9.78 Å². The molecule has 2 heteroatoms. The lowest BCUT2D eigenvalue weighted by molar-refractivity contribution is -0.182. The van der Waals surface area contributed by atoms with Crippen LogP contribution in [0.15, 0.2) is 48.7 Å². The highest BCUT2D eigenvalue weighted by atomic mass is 17.2. The van der Waals surface area contributed by atoms with Crippen molar-refractivity contribution in [2.24, 2.45) is 0 Å². The lowest BCUT2D eigenvalue weighted by Crippen LogP contribution is -1.92. The standard InChI is InChI=1S/C10H8O2/c1-2-5-9(6-3-1)10-7-4-8-11-12-10/h1-8H. The molecule has 0 saturated carbocycles. The van der Waals surface area contributed by atoms with Gasteiger partial charge in [0.15, 0.2) is 5.76 Å². The summed E-state index contributed by atoms with van der Waals surface area (Å²) < 4.78 is 0. The lowest BCUT2D eigenvalue weighted by Gasteiger charge is -2.08. The van der Waals surface area contributed by atoms with Gasteiger partial charge in [-0.05, 0) is 12.2 Å². The van der Waals surface area contributed by atoms with Crippen LogP contribution in [0.1, 0.15) is 5.56 Å². The van der Waals surface area contributed by atoms with E-state index in [1.807, 2.05) is 36.4 Å². The first-order valence-corrected chi connectivity index (χ1v) is 3.72. The summed E-state index contributed by atoms with van der Waals surface area (Å²) in [6.07, 6.45) is 5.15. The second kappa shape index (κ2) is 3.13. The highest BCUT2D eigenvalue weighted by Crippen LogP contribution is 2.18. The van der Waals surface area contributed by atoms with Crippen LogP contribution in [0, 0.1) is 0 Å². The van der Waals surface area contributed by atoms with E-state index in [0.717, 1.165) is 11.3 Å². The molecule has 0 N–H and O–H groups in total. The average molecular weight is 160 g/mol. The van der Waals surface area contributed by atoms with Crippen molar-refractivity contribution in [3.63, 3.8) is 0 Å². The van der Waals surface area contributed by atoms with Crippen molar-refractivity contribution < 1.29 is 9.78 Å². The number of hydrogen-bond donors (Lipinski definition) is 0. The van der Waals surface area contributed by atoms with E-state index in [4.69, 9.17) is 4.89 Å². The van der Waals surface area contributed by atoms with E-state index in [1.54, 1.807) is 6.08 Å². The lowest BCUT2D eigenvalue weighted by atomic mass is 10.2. The Morgan fingerprint density at radius 3 is 2.50 bits per heavy atom. The predicted octanol–water partition coefficient (Wildman–Crippen LogP) is 2.50. The first-order chi connectivity index (χ1) is 5.97. The maximum absolute atomic E-state index is 4.94. The molecule has 0 fully saturated rings. The maximum atomic E-state index is 4.94. The van der Waals surface area contributed by atoms with Gasteiger partial charge in [-0.3, -0.25) is 9.78 Å². The number of hydrogen-bond acceptors (Lipinski definition) is 2. The molecule has 0 aromatic heterocycles. The average Bonchev–Trinajstić information content (AvgIpc) is 2.21. The Morgan fingerprint density at radius 1 is 1.00 bits per heavy atom. The molecule has 0 bridgehead atoms. The van der Waals surface area contributed by atoms with Gasteiger partial charge in [-0.2, -0.15) is 0 Å². The van der Waals surface area contributed by atoms with Gasteiger partial charge in [-0.15, -0.1) is 0 Å². The summed E-state index contributed by atoms with van der Waals surface area (Å²) in [4.78, 5) is 9.63. The Labute approximate surface area is 70.7 Å². The summed E-state index contributed by atoms with van der Waals surface area (Å²) >= 11 is 0. The monoisotopic (exact) mass is 160 g/mol. The molecule has 0 spiro atoms. The van der Waals surface area contributed by atoms with Gasteiger partial charge in [-0.1, -0.05) is 30.3 Å². The van der Waals surface area contributed by atoms with E-state index >= 15 is 0 Å². The van der Waals surface area contributed by atoms with Crippen LogP contribution in [0.4, 0.5) is 0 Å². The van der Waals surface area contributed by atoms with Crippen LogP contribution in [0.25, 0.3) is 5.76 Å². The molecular weight excluding hydrogens is 152 g/mol. The van der Waals surface area contributed by atoms with Crippen molar-refractivity contribution in [2.45, 2.75) is 0 Å². The SMILES string of the molecule is C1=COOC(c2ccccc2)=C1. The smallest absolute Gasteiger partial charge is 0.185 e. The van der Waals surface area contributed by atoms with Gasteiger partial charge < -0.3 is 0 Å². The minimum atomic E-state index is 0.734. The van der Waals surface area contributed by atoms with E-state index in [2.05, 4.69) is 4.89 Å². The number of rotatable bonds is 1. The molecule has 0 saturated heterocycles. The molecule has 2 rings (SSSR count). The largest absolute Gasteiger partial charge is 0.298 e. The van der Waals surface area contributed by atoms with Gasteiger partial charge in [0.1, 0.15) is 6.26 Å². The zero-order valence-electron chi connectivity index (χ0n) is 6.44. The third-order valence-electron chi connectivity index (χ3n) is 1.58. The van der Waals surface area contributed by atoms with Crippen LogP contribution < -0.4 is 0 Å². The molecule has 1 heterocycles. The second-order valence-electron chi connectivity index (χ2n) is 2.41. The predicted molar refractivity (Wildman–Crippen MR) is 45.7 cm³/mol. The van der Waals surface area contributed by atoms with Gasteiger partial charge in [0.25, 0.3) is 0 Å². The summed E-state index contributed by atoms with van der Waals surface area (Å²) in [7, 11) is 0. The molecule has 12 heavy (non-hydrogen) atoms. The third-order valence-corrected chi connectivity index (χ3v) is 1.58. The fourth-order valence-corrected chi connectivity index (χ4v) is 1.01. The fraction of sp³-hybridized carbons (Fsp3) is 0. The summed E-state index contributed by atoms with van der Waals surface area (Å²) in [5, 5.41) is 0. The Morgan fingerprint density at radius 2 is 1.83 bits per heavy atom. The Hall–Kier alpha value is -1.70. The van der Waals surface area contributed by atoms with Crippen molar-refractivity contribution in [1.82, 2.24) is 0 Å². The quantitative estimate of drug-likeness (QED) is 0.587. The number of allylic oxidation sites excluding steroid dienone is 2. The van der Waals surface area contributed by atoms with Gasteiger partial charge in [0.05, 0.1) is 0 Å². The van der Waals surface area contributed by atoms with E-state index in [1.165, 1.54) is 6.26 Å². The minimum Gasteiger partial charge on any atom is -0.298 e. The highest BCUT2D eigenvalue weighted by Gasteiger charge is 2.03. The Balaban J connectivity index is 2.31. The molecule has 1 aromatic rings. The molecule has 2 nitrogen and oxygen atoms in total. The Kier molecular flexibility index (Phi) is 1.82. The van der Waals surface area contributed by atoms with Gasteiger partial charge >= 0.3 is 0 Å². The molecule has 60 valence electrons. The van der Waals surface area contributed by atoms with Gasteiger partial charge in [-0.25, -0.2) is 0 Å². The normalized spacial score (nSPS) is 14.5. The van der Waals surface area contributed by atoms with Gasteiger partial charge in [0, 0.05) is 5.56 Å². The van der Waals surface area contributed by atoms with E-state index in [-0.39, 0.29) is 0 Å². The number of benzene rings is 1. The van der Waals surface area contributed by atoms with Crippen LogP contribution >= 0.6 is 0 Å². The molecule has 1 aliphatic rings. The van der Waals surface area contributed by atoms with Crippen LogP contribution in [0.3, 0.4) is 0 Å². The molecular formula is C10H8O2. The molecule has 0 radical (unpaired) electrons. The van der Waals surface area contributed by atoms with E-state index < -0.39 is 0 Å². The zero-order chi connectivity index (χ0) is 8.23. The van der Waals surface area contributed by atoms with Crippen molar-refractivity contribution in [3.8, 4) is 0 Å². The van der Waals surface area contributed by atoms with Crippen LogP contribution in [0.5, 0.6) is 0 Å². The molecule has 1 aromatic carbocycles. The second-order valence-corrected chi connectivity index (χ2v) is 2.41. The summed E-state index contributed by atoms with van der Waals surface area (Å²) in [6.45, 7) is 0. The first kappa shape index (κ1) is 6.98. The molecule has 1 aliphatic heterocycles. The maximum Gasteiger partial charge on any atom is 0.185 e. The van der Waals surface area contributed by atoms with Crippen molar-refractivity contribution >= 4 is 5.76 Å². The van der Waals surface area contributed by atoms with Gasteiger partial charge in [0.2, 0.25) is 0 Å². The Bertz CT molecular complexity index is 312. The molecule has 0 unspecified atom stereocenters. The minimum absolute atomic E-state index is 0.734. The third kappa shape index (κ3) is 1.32. The topological polar surface area (TPSA) is 18.5 Å². The summed E-state index contributed by atoms with van der Waals surface area (Å²) in [5.74, 6) is 0.734. The van der Waals surface area contributed by atoms with E-state index in [0.29, 0.717) is 0 Å². The molecule has 0 atom stereocenters. The fourth-order valence-electron chi connectivity index (χ4n) is 1.01. The summed E-state index contributed by atoms with van der Waals surface area (Å²) in [6, 6.07) is 9.81. The highest BCUT2D eigenvalue weighted by molar-refractivity contribution is 5.61. The van der Waals surface area contributed by atoms with Crippen molar-refractivity contribution in [2.75, 3.05) is 0 Å². The summed E-state index contributed by atoms with van der Waals surface area (Å²) in [5.41, 5.74) is 1.02. The van der Waals surface area contributed by atoms with E-state index in [9.17, 15) is 0 Å². The van der Waals surface area contributed by atoms with Crippen LogP contribution in [-0.4, -0.2) is 0 Å².